The first-order valence-electron chi connectivity index (χ1n) is 3.44. The maximum absolute atomic E-state index is 12.3. The lowest BCUT2D eigenvalue weighted by molar-refractivity contribution is -0.168. The highest BCUT2D eigenvalue weighted by Crippen LogP contribution is 2.91. The molecule has 6 heteroatoms. The highest BCUT2D eigenvalue weighted by atomic mass is 127. The minimum atomic E-state index is -4.01. The van der Waals surface area contributed by atoms with Crippen LogP contribution in [-0.2, 0) is 4.18 Å². The Morgan fingerprint density at radius 1 is 1.42 bits per heavy atom. The van der Waals surface area contributed by atoms with Gasteiger partial charge in [0.05, 0.1) is 21.2 Å². The smallest absolute Gasteiger partial charge is 0.305 e. The highest BCUT2D eigenvalue weighted by Gasteiger charge is 2.93. The topological polar surface area (TPSA) is 9.23 Å². The maximum Gasteiger partial charge on any atom is 0.395 e. The van der Waals surface area contributed by atoms with E-state index in [1.807, 2.05) is 21.2 Å². The van der Waals surface area contributed by atoms with Gasteiger partial charge in [-0.3, -0.25) is 0 Å². The van der Waals surface area contributed by atoms with Gasteiger partial charge in [-0.2, -0.15) is 13.2 Å². The van der Waals surface area contributed by atoms with Crippen LogP contribution in [0.5, 0.6) is 0 Å². The Kier molecular flexibility index (Phi) is 1.91. The molecule has 0 bridgehead atoms. The monoisotopic (exact) mass is 310 g/mol. The second-order valence-electron chi connectivity index (χ2n) is 3.54. The quantitative estimate of drug-likeness (QED) is 0.584. The third-order valence-corrected chi connectivity index (χ3v) is 3.94. The molecule has 0 atom stereocenters. The van der Waals surface area contributed by atoms with Crippen LogP contribution in [0.1, 0.15) is 12.8 Å². The van der Waals surface area contributed by atoms with Gasteiger partial charge in [-0.1, -0.05) is 0 Å². The second-order valence-corrected chi connectivity index (χ2v) is 4.98. The molecule has 1 nitrogen and oxygen atoms in total. The van der Waals surface area contributed by atoms with Gasteiger partial charge in [0.25, 0.3) is 0 Å². The maximum atomic E-state index is 12.3. The number of fused-ring (bicyclic) bond motifs is 1. The van der Waals surface area contributed by atoms with Gasteiger partial charge in [0.15, 0.2) is 0 Å². The SMILES string of the molecule is FC(F)(F)C12CC1(COSI)C2. The van der Waals surface area contributed by atoms with Crippen LogP contribution in [0, 0.1) is 10.8 Å². The molecular weight excluding hydrogens is 304 g/mol. The van der Waals surface area contributed by atoms with Crippen LogP contribution in [0.3, 0.4) is 0 Å². The molecule has 0 spiro atoms. The van der Waals surface area contributed by atoms with Crippen LogP contribution in [-0.4, -0.2) is 12.8 Å². The molecule has 0 aromatic rings. The number of alkyl halides is 3. The fourth-order valence-electron chi connectivity index (χ4n) is 1.89. The summed E-state index contributed by atoms with van der Waals surface area (Å²) in [5, 5.41) is 0. The Morgan fingerprint density at radius 2 is 2.00 bits per heavy atom. The molecule has 2 fully saturated rings. The first kappa shape index (κ1) is 9.39. The van der Waals surface area contributed by atoms with Crippen LogP contribution in [0.4, 0.5) is 13.2 Å². The van der Waals surface area contributed by atoms with Gasteiger partial charge in [0.1, 0.15) is 0 Å². The van der Waals surface area contributed by atoms with E-state index in [-0.39, 0.29) is 19.4 Å². The van der Waals surface area contributed by atoms with Crippen molar-refractivity contribution in [1.29, 1.82) is 0 Å². The summed E-state index contributed by atoms with van der Waals surface area (Å²) >= 11 is 1.91. The largest absolute Gasteiger partial charge is 0.395 e. The molecule has 0 unspecified atom stereocenters. The first-order valence-corrected chi connectivity index (χ1v) is 6.73. The van der Waals surface area contributed by atoms with E-state index in [4.69, 9.17) is 4.18 Å². The molecule has 2 rings (SSSR count). The van der Waals surface area contributed by atoms with E-state index in [2.05, 4.69) is 0 Å². The Balaban J connectivity index is 1.92. The van der Waals surface area contributed by atoms with Crippen molar-refractivity contribution in [3.05, 3.63) is 0 Å². The zero-order valence-corrected chi connectivity index (χ0v) is 8.92. The van der Waals surface area contributed by atoms with Gasteiger partial charge in [-0.15, -0.1) is 0 Å². The molecule has 70 valence electrons. The van der Waals surface area contributed by atoms with Gasteiger partial charge in [0, 0.05) is 26.6 Å². The van der Waals surface area contributed by atoms with Gasteiger partial charge in [0.2, 0.25) is 0 Å². The lowest BCUT2D eigenvalue weighted by Crippen LogP contribution is -2.16. The Morgan fingerprint density at radius 3 is 2.33 bits per heavy atom. The van der Waals surface area contributed by atoms with E-state index in [0.29, 0.717) is 0 Å². The normalized spacial score (nSPS) is 44.0. The summed E-state index contributed by atoms with van der Waals surface area (Å²) in [4.78, 5) is 0. The molecule has 0 heterocycles. The van der Waals surface area contributed by atoms with Crippen molar-refractivity contribution in [1.82, 2.24) is 0 Å². The van der Waals surface area contributed by atoms with Crippen molar-refractivity contribution >= 4 is 30.4 Å². The number of hydrogen-bond donors (Lipinski definition) is 0. The Hall–Kier alpha value is 0.830. The van der Waals surface area contributed by atoms with Crippen molar-refractivity contribution < 1.29 is 17.4 Å². The Bertz CT molecular complexity index is 211. The highest BCUT2D eigenvalue weighted by molar-refractivity contribution is 14.2. The summed E-state index contributed by atoms with van der Waals surface area (Å²) in [6, 6.07) is 0. The van der Waals surface area contributed by atoms with Gasteiger partial charge in [-0.05, 0) is 12.8 Å². The fourth-order valence-corrected chi connectivity index (χ4v) is 2.54. The van der Waals surface area contributed by atoms with Crippen molar-refractivity contribution in [3.63, 3.8) is 0 Å². The molecule has 0 radical (unpaired) electrons. The van der Waals surface area contributed by atoms with E-state index >= 15 is 0 Å². The number of hydrogen-bond acceptors (Lipinski definition) is 2. The summed E-state index contributed by atoms with van der Waals surface area (Å²) in [6.07, 6.45) is -3.45. The molecule has 12 heavy (non-hydrogen) atoms. The predicted octanol–water partition coefficient (Wildman–Crippen LogP) is 3.34. The summed E-state index contributed by atoms with van der Waals surface area (Å²) in [6.45, 7) is 0.250. The van der Waals surface area contributed by atoms with E-state index in [1.165, 1.54) is 0 Å². The van der Waals surface area contributed by atoms with Crippen LogP contribution in [0.15, 0.2) is 0 Å². The van der Waals surface area contributed by atoms with Crippen molar-refractivity contribution in [2.24, 2.45) is 10.8 Å². The summed E-state index contributed by atoms with van der Waals surface area (Å²) in [5.41, 5.74) is -1.87. The minimum absolute atomic E-state index is 0.250. The molecule has 0 N–H and O–H groups in total. The molecule has 0 aromatic carbocycles. The van der Waals surface area contributed by atoms with E-state index in [0.717, 1.165) is 9.21 Å². The summed E-state index contributed by atoms with van der Waals surface area (Å²) < 4.78 is 41.7. The first-order chi connectivity index (χ1) is 5.47. The Labute approximate surface area is 84.2 Å². The second kappa shape index (κ2) is 2.44. The van der Waals surface area contributed by atoms with Gasteiger partial charge < -0.3 is 4.18 Å². The van der Waals surface area contributed by atoms with Gasteiger partial charge >= 0.3 is 6.18 Å². The number of halogens is 4. The van der Waals surface area contributed by atoms with Crippen LogP contribution < -0.4 is 0 Å². The van der Waals surface area contributed by atoms with Crippen molar-refractivity contribution in [2.45, 2.75) is 19.0 Å². The molecule has 0 saturated heterocycles. The minimum Gasteiger partial charge on any atom is -0.305 e. The molecule has 0 aliphatic heterocycles. The number of rotatable bonds is 3. The lowest BCUT2D eigenvalue weighted by Gasteiger charge is -2.06. The van der Waals surface area contributed by atoms with E-state index in [9.17, 15) is 13.2 Å². The van der Waals surface area contributed by atoms with E-state index < -0.39 is 17.0 Å². The van der Waals surface area contributed by atoms with Crippen LogP contribution >= 0.6 is 30.4 Å². The summed E-state index contributed by atoms with van der Waals surface area (Å²) in [7, 11) is 1.11. The molecule has 2 aliphatic rings. The van der Waals surface area contributed by atoms with E-state index in [1.54, 1.807) is 0 Å². The molecule has 2 aliphatic carbocycles. The standard InChI is InChI=1S/C6H6F3IOS/c7-6(8,9)5-1-4(5,2-5)3-11-12-10/h1-3H2. The van der Waals surface area contributed by atoms with Crippen molar-refractivity contribution in [3.8, 4) is 0 Å². The molecular formula is C6H6F3IOS. The third kappa shape index (κ3) is 1.03. The molecule has 0 amide bonds. The zero-order valence-electron chi connectivity index (χ0n) is 5.95. The van der Waals surface area contributed by atoms with Crippen LogP contribution in [0.2, 0.25) is 0 Å². The summed E-state index contributed by atoms with van der Waals surface area (Å²) in [5.74, 6) is 0. The third-order valence-electron chi connectivity index (χ3n) is 2.97. The lowest BCUT2D eigenvalue weighted by atomic mass is 10.2. The van der Waals surface area contributed by atoms with Crippen molar-refractivity contribution in [2.75, 3.05) is 6.61 Å². The molecule has 0 aromatic heterocycles. The average Bonchev–Trinajstić information content (AvgIpc) is 2.65. The predicted molar refractivity (Wildman–Crippen MR) is 47.7 cm³/mol. The fraction of sp³-hybridized carbons (Fsp3) is 1.00. The molecule has 2 saturated carbocycles. The zero-order chi connectivity index (χ0) is 9.04. The van der Waals surface area contributed by atoms with Crippen LogP contribution in [0.25, 0.3) is 0 Å². The average molecular weight is 310 g/mol. The van der Waals surface area contributed by atoms with Gasteiger partial charge in [-0.25, -0.2) is 0 Å².